The standard InChI is InChI=1S/C17H24N6O2/c1-24-14-9-12-13(20-11-21-16(12)22-17(18)19)10-15(14)25-8-4-7-23-5-2-3-6-23/h9-11H,2-8H2,1H3,(H4,18,19,20,21,22). The fourth-order valence-electron chi connectivity index (χ4n) is 3.04. The molecule has 1 aliphatic heterocycles. The lowest BCUT2D eigenvalue weighted by Gasteiger charge is -2.16. The number of nitrogens with two attached hydrogens (primary N) is 1. The molecule has 8 nitrogen and oxygen atoms in total. The molecule has 0 amide bonds. The first-order chi connectivity index (χ1) is 12.2. The van der Waals surface area contributed by atoms with Crippen molar-refractivity contribution in [2.24, 2.45) is 5.73 Å². The summed E-state index contributed by atoms with van der Waals surface area (Å²) in [5.74, 6) is 1.55. The molecular weight excluding hydrogens is 320 g/mol. The number of fused-ring (bicyclic) bond motifs is 1. The monoisotopic (exact) mass is 344 g/mol. The van der Waals surface area contributed by atoms with Gasteiger partial charge in [-0.3, -0.25) is 5.41 Å². The predicted octanol–water partition coefficient (Wildman–Crippen LogP) is 1.81. The van der Waals surface area contributed by atoms with E-state index in [0.29, 0.717) is 29.4 Å². The summed E-state index contributed by atoms with van der Waals surface area (Å²) in [6, 6.07) is 3.63. The van der Waals surface area contributed by atoms with Crippen LogP contribution in [0.5, 0.6) is 11.5 Å². The van der Waals surface area contributed by atoms with Crippen molar-refractivity contribution in [3.8, 4) is 11.5 Å². The molecule has 0 radical (unpaired) electrons. The molecule has 1 saturated heterocycles. The molecule has 3 rings (SSSR count). The molecule has 0 saturated carbocycles. The minimum absolute atomic E-state index is 0.179. The van der Waals surface area contributed by atoms with E-state index < -0.39 is 0 Å². The Kier molecular flexibility index (Phi) is 5.49. The van der Waals surface area contributed by atoms with Gasteiger partial charge in [-0.25, -0.2) is 9.97 Å². The van der Waals surface area contributed by atoms with Crippen LogP contribution in [0.15, 0.2) is 18.5 Å². The number of rotatable bonds is 7. The largest absolute Gasteiger partial charge is 0.493 e. The van der Waals surface area contributed by atoms with Crippen LogP contribution in [-0.2, 0) is 0 Å². The van der Waals surface area contributed by atoms with Gasteiger partial charge in [-0.05, 0) is 38.4 Å². The summed E-state index contributed by atoms with van der Waals surface area (Å²) in [6.45, 7) is 4.08. The maximum Gasteiger partial charge on any atom is 0.191 e. The first kappa shape index (κ1) is 17.2. The maximum atomic E-state index is 7.38. The third kappa shape index (κ3) is 4.27. The number of hydrogen-bond acceptors (Lipinski definition) is 6. The molecule has 2 heterocycles. The summed E-state index contributed by atoms with van der Waals surface area (Å²) in [7, 11) is 1.60. The number of methoxy groups -OCH3 is 1. The molecule has 1 fully saturated rings. The zero-order valence-corrected chi connectivity index (χ0v) is 14.4. The van der Waals surface area contributed by atoms with Crippen LogP contribution < -0.4 is 20.5 Å². The Labute approximate surface area is 146 Å². The van der Waals surface area contributed by atoms with E-state index in [1.54, 1.807) is 13.2 Å². The van der Waals surface area contributed by atoms with Crippen LogP contribution in [0.4, 0.5) is 5.82 Å². The van der Waals surface area contributed by atoms with Gasteiger partial charge in [-0.2, -0.15) is 0 Å². The van der Waals surface area contributed by atoms with Gasteiger partial charge >= 0.3 is 0 Å². The molecule has 2 aromatic rings. The number of aromatic nitrogens is 2. The van der Waals surface area contributed by atoms with E-state index in [-0.39, 0.29) is 5.96 Å². The molecule has 1 aromatic carbocycles. The topological polar surface area (TPSA) is 109 Å². The average Bonchev–Trinajstić information content (AvgIpc) is 3.11. The fourth-order valence-corrected chi connectivity index (χ4v) is 3.04. The Hall–Kier alpha value is -2.61. The molecule has 8 heteroatoms. The quantitative estimate of drug-likeness (QED) is 0.399. The Balaban J connectivity index is 1.72. The lowest BCUT2D eigenvalue weighted by Crippen LogP contribution is -2.22. The molecule has 0 atom stereocenters. The Bertz CT molecular complexity index is 745. The van der Waals surface area contributed by atoms with E-state index in [1.807, 2.05) is 6.07 Å². The normalized spacial score (nSPS) is 14.6. The van der Waals surface area contributed by atoms with Gasteiger partial charge in [-0.1, -0.05) is 0 Å². The molecule has 0 spiro atoms. The van der Waals surface area contributed by atoms with Crippen LogP contribution >= 0.6 is 0 Å². The third-order valence-corrected chi connectivity index (χ3v) is 4.25. The summed E-state index contributed by atoms with van der Waals surface area (Å²) in [4.78, 5) is 10.9. The second kappa shape index (κ2) is 7.98. The van der Waals surface area contributed by atoms with Crippen LogP contribution in [0.3, 0.4) is 0 Å². The highest BCUT2D eigenvalue weighted by molar-refractivity contribution is 5.99. The van der Waals surface area contributed by atoms with Crippen molar-refractivity contribution in [3.05, 3.63) is 18.5 Å². The van der Waals surface area contributed by atoms with Gasteiger partial charge in [0.05, 0.1) is 19.2 Å². The fraction of sp³-hybridized carbons (Fsp3) is 0.471. The number of nitrogens with one attached hydrogen (secondary N) is 2. The SMILES string of the molecule is COc1cc2c(NC(=N)N)ncnc2cc1OCCCN1CCCC1. The Morgan fingerprint density at radius 1 is 1.28 bits per heavy atom. The van der Waals surface area contributed by atoms with Crippen LogP contribution in [0.1, 0.15) is 19.3 Å². The molecule has 0 unspecified atom stereocenters. The van der Waals surface area contributed by atoms with Crippen LogP contribution in [0.2, 0.25) is 0 Å². The van der Waals surface area contributed by atoms with Crippen LogP contribution in [-0.4, -0.2) is 54.2 Å². The minimum Gasteiger partial charge on any atom is -0.493 e. The maximum absolute atomic E-state index is 7.38. The van der Waals surface area contributed by atoms with Crippen LogP contribution in [0.25, 0.3) is 10.9 Å². The van der Waals surface area contributed by atoms with Crippen molar-refractivity contribution in [2.45, 2.75) is 19.3 Å². The first-order valence-electron chi connectivity index (χ1n) is 8.46. The molecule has 1 aliphatic rings. The second-order valence-electron chi connectivity index (χ2n) is 6.03. The lowest BCUT2D eigenvalue weighted by atomic mass is 10.2. The van der Waals surface area contributed by atoms with E-state index in [0.717, 1.165) is 18.4 Å². The molecule has 4 N–H and O–H groups in total. The number of nitrogens with zero attached hydrogens (tertiary/aromatic N) is 3. The zero-order valence-electron chi connectivity index (χ0n) is 14.4. The molecule has 25 heavy (non-hydrogen) atoms. The van der Waals surface area contributed by atoms with E-state index in [4.69, 9.17) is 20.6 Å². The molecule has 134 valence electrons. The summed E-state index contributed by atoms with van der Waals surface area (Å²) < 4.78 is 11.4. The van der Waals surface area contributed by atoms with Crippen molar-refractivity contribution >= 4 is 22.7 Å². The lowest BCUT2D eigenvalue weighted by molar-refractivity contribution is 0.254. The summed E-state index contributed by atoms with van der Waals surface area (Å²) >= 11 is 0. The highest BCUT2D eigenvalue weighted by Crippen LogP contribution is 2.33. The van der Waals surface area contributed by atoms with Gasteiger partial charge in [0, 0.05) is 18.0 Å². The molecule has 1 aromatic heterocycles. The van der Waals surface area contributed by atoms with Crippen molar-refractivity contribution in [2.75, 3.05) is 38.7 Å². The smallest absolute Gasteiger partial charge is 0.191 e. The summed E-state index contributed by atoms with van der Waals surface area (Å²) in [5, 5.41) is 10.8. The van der Waals surface area contributed by atoms with Gasteiger partial charge in [-0.15, -0.1) is 0 Å². The predicted molar refractivity (Wildman–Crippen MR) is 97.4 cm³/mol. The number of guanidine groups is 1. The number of hydrogen-bond donors (Lipinski definition) is 3. The van der Waals surface area contributed by atoms with Crippen molar-refractivity contribution in [1.82, 2.24) is 14.9 Å². The zero-order chi connectivity index (χ0) is 17.6. The summed E-state index contributed by atoms with van der Waals surface area (Å²) in [6.07, 6.45) is 5.00. The van der Waals surface area contributed by atoms with E-state index in [9.17, 15) is 0 Å². The molecule has 0 aliphatic carbocycles. The van der Waals surface area contributed by atoms with Crippen molar-refractivity contribution < 1.29 is 9.47 Å². The van der Waals surface area contributed by atoms with Crippen molar-refractivity contribution in [1.29, 1.82) is 5.41 Å². The van der Waals surface area contributed by atoms with Gasteiger partial charge in [0.25, 0.3) is 0 Å². The van der Waals surface area contributed by atoms with Gasteiger partial charge < -0.3 is 25.4 Å². The number of benzene rings is 1. The van der Waals surface area contributed by atoms with Gasteiger partial charge in [0.1, 0.15) is 12.1 Å². The highest BCUT2D eigenvalue weighted by Gasteiger charge is 2.13. The Morgan fingerprint density at radius 2 is 2.08 bits per heavy atom. The van der Waals surface area contributed by atoms with Crippen molar-refractivity contribution in [3.63, 3.8) is 0 Å². The minimum atomic E-state index is -0.179. The summed E-state index contributed by atoms with van der Waals surface area (Å²) in [5.41, 5.74) is 6.10. The molecule has 0 bridgehead atoms. The second-order valence-corrected chi connectivity index (χ2v) is 6.03. The van der Waals surface area contributed by atoms with E-state index >= 15 is 0 Å². The average molecular weight is 344 g/mol. The highest BCUT2D eigenvalue weighted by atomic mass is 16.5. The number of anilines is 1. The van der Waals surface area contributed by atoms with Gasteiger partial charge in [0.2, 0.25) is 0 Å². The number of likely N-dealkylation sites (tertiary alicyclic amines) is 1. The third-order valence-electron chi connectivity index (χ3n) is 4.25. The first-order valence-corrected chi connectivity index (χ1v) is 8.46. The van der Waals surface area contributed by atoms with E-state index in [2.05, 4.69) is 20.2 Å². The Morgan fingerprint density at radius 3 is 2.80 bits per heavy atom. The van der Waals surface area contributed by atoms with Crippen LogP contribution in [0, 0.1) is 5.41 Å². The van der Waals surface area contributed by atoms with E-state index in [1.165, 1.54) is 32.3 Å². The van der Waals surface area contributed by atoms with Gasteiger partial charge in [0.15, 0.2) is 17.5 Å². The number of ether oxygens (including phenoxy) is 2. The molecular formula is C17H24N6O2.